The van der Waals surface area contributed by atoms with Gasteiger partial charge in [-0.3, -0.25) is 38.4 Å². The molecular formula is C67H91N13O14. The molecule has 27 heteroatoms. The molecule has 5 atom stereocenters. The van der Waals surface area contributed by atoms with Crippen molar-refractivity contribution in [2.75, 3.05) is 75.9 Å². The first-order valence-electron chi connectivity index (χ1n) is 31.3. The van der Waals surface area contributed by atoms with E-state index in [1.165, 1.54) is 95.2 Å². The van der Waals surface area contributed by atoms with Gasteiger partial charge in [0.25, 0.3) is 23.6 Å². The van der Waals surface area contributed by atoms with E-state index in [4.69, 9.17) is 47.6 Å². The van der Waals surface area contributed by atoms with Crippen molar-refractivity contribution >= 4 is 76.0 Å². The molecule has 5 rings (SSSR count). The number of unbranched alkanes of at least 4 members (excludes halogenated alkanes) is 6. The summed E-state index contributed by atoms with van der Waals surface area (Å²) in [7, 11) is 5.39. The van der Waals surface area contributed by atoms with E-state index in [0.29, 0.717) is 89.5 Å². The lowest BCUT2D eigenvalue weighted by atomic mass is 10.0. The molecule has 0 aliphatic heterocycles. The van der Waals surface area contributed by atoms with Crippen molar-refractivity contribution in [1.82, 2.24) is 21.3 Å². The van der Waals surface area contributed by atoms with Crippen molar-refractivity contribution < 1.29 is 67.2 Å². The van der Waals surface area contributed by atoms with Crippen LogP contribution in [-0.2, 0) is 30.4 Å². The average molecular weight is 1300 g/mol. The fourth-order valence-corrected chi connectivity index (χ4v) is 10.0. The third-order valence-corrected chi connectivity index (χ3v) is 15.2. The van der Waals surface area contributed by atoms with Crippen LogP contribution in [0.2, 0.25) is 0 Å². The lowest BCUT2D eigenvalue weighted by Crippen LogP contribution is -2.44. The van der Waals surface area contributed by atoms with E-state index in [2.05, 4.69) is 42.5 Å². The van der Waals surface area contributed by atoms with Crippen molar-refractivity contribution in [3.63, 3.8) is 0 Å². The van der Waals surface area contributed by atoms with Gasteiger partial charge in [0.2, 0.25) is 23.6 Å². The lowest BCUT2D eigenvalue weighted by Gasteiger charge is -2.22. The van der Waals surface area contributed by atoms with Crippen molar-refractivity contribution in [2.24, 2.45) is 28.7 Å². The fraction of sp³-hybridized carbons (Fsp3) is 0.418. The molecule has 0 saturated heterocycles. The summed E-state index contributed by atoms with van der Waals surface area (Å²) < 4.78 is 22.0. The molecule has 0 aliphatic carbocycles. The normalized spacial score (nSPS) is 12.5. The van der Waals surface area contributed by atoms with Gasteiger partial charge in [-0.25, -0.2) is 4.79 Å². The number of rotatable bonds is 41. The summed E-state index contributed by atoms with van der Waals surface area (Å²) in [4.78, 5) is 124. The molecule has 0 unspecified atom stereocenters. The third kappa shape index (κ3) is 23.5. The summed E-state index contributed by atoms with van der Waals surface area (Å²) in [5, 5.41) is 32.0. The summed E-state index contributed by atoms with van der Waals surface area (Å²) in [6.45, 7) is 1.56. The topological polar surface area (TPSA) is 437 Å². The van der Waals surface area contributed by atoms with E-state index in [1.807, 2.05) is 0 Å². The minimum absolute atomic E-state index is 0.00130. The van der Waals surface area contributed by atoms with Crippen LogP contribution < -0.4 is 90.2 Å². The highest BCUT2D eigenvalue weighted by atomic mass is 16.5. The molecule has 19 N–H and O–H groups in total. The first-order valence-corrected chi connectivity index (χ1v) is 31.3. The Bertz CT molecular complexity index is 3350. The Kier molecular flexibility index (Phi) is 31.7. The SMILES string of the molecule is COc1ccc(NC(=O)[C@H](CCCCCN)NC(=O)c2cc(NC(=O)[C@H](CCCCN)NC(=O)c3cc(NC(=O)[C@H](CCCCN)NC(=O)c4cc(NC(=O)[C@@H](N)CCCCCN)ccc4OC)ccc3OC)ccc2OC)cc1C(=O)N[C@@H](Cc1ccccc1)C(=O)O. The fourth-order valence-electron chi connectivity index (χ4n) is 10.0. The summed E-state index contributed by atoms with van der Waals surface area (Å²) in [5.74, 6) is -6.19. The van der Waals surface area contributed by atoms with Gasteiger partial charge in [0.1, 0.15) is 47.2 Å². The van der Waals surface area contributed by atoms with Crippen molar-refractivity contribution in [3.8, 4) is 23.0 Å². The number of aliphatic carboxylic acids is 1. The van der Waals surface area contributed by atoms with Gasteiger partial charge in [0.05, 0.1) is 56.7 Å². The Labute approximate surface area is 547 Å². The van der Waals surface area contributed by atoms with E-state index >= 15 is 0 Å². The minimum Gasteiger partial charge on any atom is -0.496 e. The number of carboxylic acid groups (broad SMARTS) is 1. The zero-order chi connectivity index (χ0) is 68.5. The van der Waals surface area contributed by atoms with Crippen molar-refractivity contribution in [3.05, 3.63) is 131 Å². The van der Waals surface area contributed by atoms with Crippen LogP contribution >= 0.6 is 0 Å². The van der Waals surface area contributed by atoms with E-state index in [9.17, 15) is 48.3 Å². The number of nitrogens with two attached hydrogens (primary N) is 5. The Balaban J connectivity index is 1.33. The Morgan fingerprint density at radius 1 is 0.372 bits per heavy atom. The summed E-state index contributed by atoms with van der Waals surface area (Å²) in [6, 6.07) is 20.5. The number of hydrogen-bond acceptors (Lipinski definition) is 18. The number of methoxy groups -OCH3 is 4. The van der Waals surface area contributed by atoms with Crippen LogP contribution in [0.15, 0.2) is 103 Å². The van der Waals surface area contributed by atoms with E-state index in [0.717, 1.165) is 12.8 Å². The molecule has 0 saturated carbocycles. The minimum atomic E-state index is -1.30. The second-order valence-electron chi connectivity index (χ2n) is 22.2. The highest BCUT2D eigenvalue weighted by Crippen LogP contribution is 2.29. The van der Waals surface area contributed by atoms with Crippen LogP contribution in [0, 0.1) is 0 Å². The molecule has 5 aromatic carbocycles. The lowest BCUT2D eigenvalue weighted by molar-refractivity contribution is -0.139. The van der Waals surface area contributed by atoms with Crippen LogP contribution in [0.5, 0.6) is 23.0 Å². The standard InChI is InChI=1S/C67H91N13O14/c1-91-55-28-24-42(73-63(85)50(72)20-10-6-14-32-68)37-46(55)59(81)78-52(22-12-16-34-70)65(87)76-44-26-30-57(93-3)48(39-44)61(83)79-53(23-13-17-35-71)66(88)75-43-25-29-56(92-2)47(38-43)60(82)77-51(21-11-7-15-33-69)64(86)74-45-27-31-58(94-4)49(40-45)62(84)80-54(67(89)90)36-41-18-8-5-9-19-41/h5,8-9,18-19,24-31,37-40,50-54H,6-7,10-17,20-23,32-36,68-72H2,1-4H3,(H,73,85)(H,74,86)(H,75,88)(H,76,87)(H,77,82)(H,78,81)(H,79,83)(H,80,84)(H,89,90)/t50-,51-,52-,53-,54-/m0/s1. The number of anilines is 4. The number of benzene rings is 5. The number of carbonyl (C=O) groups is 9. The molecule has 0 radical (unpaired) electrons. The number of nitrogens with one attached hydrogen (secondary N) is 8. The predicted molar refractivity (Wildman–Crippen MR) is 358 cm³/mol. The largest absolute Gasteiger partial charge is 0.496 e. The van der Waals surface area contributed by atoms with Crippen LogP contribution in [0.4, 0.5) is 22.7 Å². The number of carbonyl (C=O) groups excluding carboxylic acids is 8. The third-order valence-electron chi connectivity index (χ3n) is 15.2. The van der Waals surface area contributed by atoms with Gasteiger partial charge in [-0.15, -0.1) is 0 Å². The van der Waals surface area contributed by atoms with Crippen molar-refractivity contribution in [1.29, 1.82) is 0 Å². The Morgan fingerprint density at radius 3 is 0.968 bits per heavy atom. The second kappa shape index (κ2) is 39.7. The maximum atomic E-state index is 14.4. The average Bonchev–Trinajstić information content (AvgIpc) is 0.898. The first-order chi connectivity index (χ1) is 45.3. The van der Waals surface area contributed by atoms with Gasteiger partial charge in [0, 0.05) is 29.2 Å². The van der Waals surface area contributed by atoms with Crippen molar-refractivity contribution in [2.45, 2.75) is 127 Å². The van der Waals surface area contributed by atoms with Gasteiger partial charge in [-0.05, 0) is 169 Å². The molecule has 0 bridgehead atoms. The molecule has 0 aliphatic rings. The molecule has 5 aromatic rings. The molecule has 508 valence electrons. The van der Waals surface area contributed by atoms with Gasteiger partial charge >= 0.3 is 5.97 Å². The number of carboxylic acids is 1. The molecule has 0 spiro atoms. The highest BCUT2D eigenvalue weighted by Gasteiger charge is 2.30. The number of hydrogen-bond donors (Lipinski definition) is 14. The summed E-state index contributed by atoms with van der Waals surface area (Å²) >= 11 is 0. The van der Waals surface area contributed by atoms with Crippen LogP contribution in [-0.4, -0.2) is 143 Å². The first kappa shape index (κ1) is 75.1. The molecule has 27 nitrogen and oxygen atoms in total. The molecule has 94 heavy (non-hydrogen) atoms. The monoisotopic (exact) mass is 1300 g/mol. The second-order valence-corrected chi connectivity index (χ2v) is 22.2. The van der Waals surface area contributed by atoms with Crippen LogP contribution in [0.1, 0.15) is 137 Å². The maximum absolute atomic E-state index is 14.4. The molecule has 8 amide bonds. The molecule has 0 fully saturated rings. The zero-order valence-corrected chi connectivity index (χ0v) is 53.8. The van der Waals surface area contributed by atoms with Gasteiger partial charge in [-0.2, -0.15) is 0 Å². The molecular weight excluding hydrogens is 1210 g/mol. The number of ether oxygens (including phenoxy) is 4. The van der Waals surface area contributed by atoms with E-state index < -0.39 is 83.4 Å². The predicted octanol–water partition coefficient (Wildman–Crippen LogP) is 4.92. The number of amides is 8. The molecule has 0 heterocycles. The Morgan fingerprint density at radius 2 is 0.660 bits per heavy atom. The van der Waals surface area contributed by atoms with E-state index in [-0.39, 0.29) is 93.7 Å². The summed E-state index contributed by atoms with van der Waals surface area (Å²) in [6.07, 6.45) is 6.86. The van der Waals surface area contributed by atoms with Gasteiger partial charge < -0.3 is 95.3 Å². The quantitative estimate of drug-likeness (QED) is 0.0231. The van der Waals surface area contributed by atoms with Crippen LogP contribution in [0.3, 0.4) is 0 Å². The van der Waals surface area contributed by atoms with Gasteiger partial charge in [0.15, 0.2) is 0 Å². The zero-order valence-electron chi connectivity index (χ0n) is 53.8. The Hall–Kier alpha value is -9.67. The van der Waals surface area contributed by atoms with E-state index in [1.54, 1.807) is 36.4 Å². The molecule has 0 aromatic heterocycles. The van der Waals surface area contributed by atoms with Crippen LogP contribution in [0.25, 0.3) is 0 Å². The smallest absolute Gasteiger partial charge is 0.326 e. The maximum Gasteiger partial charge on any atom is 0.326 e. The highest BCUT2D eigenvalue weighted by molar-refractivity contribution is 6.08. The summed E-state index contributed by atoms with van der Waals surface area (Å²) in [5.41, 5.74) is 30.3. The van der Waals surface area contributed by atoms with Gasteiger partial charge in [-0.1, -0.05) is 56.0 Å².